The van der Waals surface area contributed by atoms with Gasteiger partial charge in [0.15, 0.2) is 0 Å². The van der Waals surface area contributed by atoms with E-state index in [-0.39, 0.29) is 18.1 Å². The summed E-state index contributed by atoms with van der Waals surface area (Å²) in [5.41, 5.74) is 0.672. The summed E-state index contributed by atoms with van der Waals surface area (Å²) in [6.45, 7) is 8.64. The smallest absolute Gasteiger partial charge is 0.325 e. The van der Waals surface area contributed by atoms with Crippen molar-refractivity contribution in [1.29, 1.82) is 0 Å². The van der Waals surface area contributed by atoms with Gasteiger partial charge in [-0.2, -0.15) is 0 Å². The van der Waals surface area contributed by atoms with Crippen molar-refractivity contribution in [3.05, 3.63) is 30.3 Å². The van der Waals surface area contributed by atoms with Crippen molar-refractivity contribution in [3.8, 4) is 0 Å². The van der Waals surface area contributed by atoms with Gasteiger partial charge in [0.25, 0.3) is 0 Å². The van der Waals surface area contributed by atoms with Gasteiger partial charge < -0.3 is 5.32 Å². The lowest BCUT2D eigenvalue weighted by molar-refractivity contribution is -0.117. The quantitative estimate of drug-likeness (QED) is 0.714. The Hall–Kier alpha value is -1.20. The average molecular weight is 328 g/mol. The zero-order valence-electron chi connectivity index (χ0n) is 13.7. The highest BCUT2D eigenvalue weighted by Crippen LogP contribution is 2.46. The Morgan fingerprint density at radius 1 is 1.00 bits per heavy atom. The van der Waals surface area contributed by atoms with Gasteiger partial charge in [0, 0.05) is 5.69 Å². The highest BCUT2D eigenvalue weighted by molar-refractivity contribution is 7.51. The third-order valence-electron chi connectivity index (χ3n) is 2.49. The second-order valence-electron chi connectivity index (χ2n) is 5.51. The highest BCUT2D eigenvalue weighted by atomic mass is 31.2. The topological polar surface area (TPSA) is 76.7 Å². The maximum atomic E-state index is 12.7. The average Bonchev–Trinajstić information content (AvgIpc) is 2.37. The molecule has 0 aliphatic carbocycles. The Morgan fingerprint density at radius 3 is 1.95 bits per heavy atom. The van der Waals surface area contributed by atoms with Crippen LogP contribution in [0.25, 0.3) is 0 Å². The molecule has 6 nitrogen and oxygen atoms in total. The van der Waals surface area contributed by atoms with E-state index < -0.39 is 13.8 Å². The first-order valence-electron chi connectivity index (χ1n) is 7.32. The van der Waals surface area contributed by atoms with Crippen LogP contribution in [-0.2, 0) is 18.4 Å². The van der Waals surface area contributed by atoms with Crippen molar-refractivity contribution in [3.63, 3.8) is 0 Å². The van der Waals surface area contributed by atoms with Crippen molar-refractivity contribution in [1.82, 2.24) is 5.09 Å². The lowest BCUT2D eigenvalue weighted by Gasteiger charge is -2.25. The molecule has 2 N–H and O–H groups in total. The lowest BCUT2D eigenvalue weighted by Crippen LogP contribution is -2.37. The predicted octanol–water partition coefficient (Wildman–Crippen LogP) is 3.56. The Bertz CT molecular complexity index is 506. The molecule has 1 atom stereocenters. The SMILES string of the molecule is CC(C)OP(=O)(N[C@H](C)C(=O)Nc1ccccc1)OC(C)C. The number of rotatable bonds is 8. The predicted molar refractivity (Wildman–Crippen MR) is 87.7 cm³/mol. The number of anilines is 1. The fourth-order valence-corrected chi connectivity index (χ4v) is 3.58. The van der Waals surface area contributed by atoms with E-state index in [0.717, 1.165) is 0 Å². The maximum absolute atomic E-state index is 12.7. The van der Waals surface area contributed by atoms with Crippen LogP contribution in [0.2, 0.25) is 0 Å². The molecule has 0 aromatic heterocycles. The summed E-state index contributed by atoms with van der Waals surface area (Å²) < 4.78 is 23.4. The lowest BCUT2D eigenvalue weighted by atomic mass is 10.3. The molecule has 0 spiro atoms. The van der Waals surface area contributed by atoms with Gasteiger partial charge in [-0.05, 0) is 46.8 Å². The second kappa shape index (κ2) is 8.44. The molecule has 0 saturated carbocycles. The van der Waals surface area contributed by atoms with Crippen LogP contribution in [-0.4, -0.2) is 24.2 Å². The Morgan fingerprint density at radius 2 is 1.50 bits per heavy atom. The zero-order chi connectivity index (χ0) is 16.8. The summed E-state index contributed by atoms with van der Waals surface area (Å²) in [6.07, 6.45) is -0.581. The molecule has 0 heterocycles. The maximum Gasteiger partial charge on any atom is 0.406 e. The molecule has 22 heavy (non-hydrogen) atoms. The Kier molecular flexibility index (Phi) is 7.23. The van der Waals surface area contributed by atoms with E-state index in [9.17, 15) is 9.36 Å². The highest BCUT2D eigenvalue weighted by Gasteiger charge is 2.31. The number of hydrogen-bond acceptors (Lipinski definition) is 4. The zero-order valence-corrected chi connectivity index (χ0v) is 14.6. The van der Waals surface area contributed by atoms with Gasteiger partial charge in [0.2, 0.25) is 5.91 Å². The monoisotopic (exact) mass is 328 g/mol. The van der Waals surface area contributed by atoms with Gasteiger partial charge in [-0.3, -0.25) is 13.8 Å². The van der Waals surface area contributed by atoms with E-state index in [4.69, 9.17) is 9.05 Å². The molecule has 0 fully saturated rings. The van der Waals surface area contributed by atoms with Crippen molar-refractivity contribution < 1.29 is 18.4 Å². The number of amides is 1. The standard InChI is InChI=1S/C15H25N2O4P/c1-11(2)20-22(19,21-12(3)4)17-13(5)15(18)16-14-9-7-6-8-10-14/h6-13H,1-5H3,(H,16,18)(H,17,19)/t13-/m1/s1. The summed E-state index contributed by atoms with van der Waals surface area (Å²) in [5.74, 6) is -0.314. The minimum atomic E-state index is -3.56. The molecule has 0 radical (unpaired) electrons. The van der Waals surface area contributed by atoms with Gasteiger partial charge in [0.05, 0.1) is 18.2 Å². The first kappa shape index (κ1) is 18.8. The van der Waals surface area contributed by atoms with Crippen molar-refractivity contribution in [2.24, 2.45) is 0 Å². The first-order valence-corrected chi connectivity index (χ1v) is 8.86. The molecular formula is C15H25N2O4P. The van der Waals surface area contributed by atoms with E-state index in [1.165, 1.54) is 0 Å². The van der Waals surface area contributed by atoms with Crippen LogP contribution < -0.4 is 10.4 Å². The van der Waals surface area contributed by atoms with Gasteiger partial charge in [-0.15, -0.1) is 0 Å². The van der Waals surface area contributed by atoms with Crippen LogP contribution in [0.4, 0.5) is 5.69 Å². The van der Waals surface area contributed by atoms with Crippen molar-refractivity contribution >= 4 is 19.3 Å². The molecule has 1 aromatic rings. The van der Waals surface area contributed by atoms with E-state index in [1.807, 2.05) is 18.2 Å². The van der Waals surface area contributed by atoms with Crippen molar-refractivity contribution in [2.75, 3.05) is 5.32 Å². The largest absolute Gasteiger partial charge is 0.406 e. The molecule has 7 heteroatoms. The van der Waals surface area contributed by atoms with Gasteiger partial charge in [-0.25, -0.2) is 9.65 Å². The molecule has 0 bridgehead atoms. The third-order valence-corrected chi connectivity index (χ3v) is 4.59. The van der Waals surface area contributed by atoms with Crippen molar-refractivity contribution in [2.45, 2.75) is 52.9 Å². The molecule has 1 amide bonds. The van der Waals surface area contributed by atoms with E-state index in [2.05, 4.69) is 10.4 Å². The minimum Gasteiger partial charge on any atom is -0.325 e. The summed E-state index contributed by atoms with van der Waals surface area (Å²) in [5, 5.41) is 5.41. The van der Waals surface area contributed by atoms with E-state index >= 15 is 0 Å². The summed E-state index contributed by atoms with van der Waals surface area (Å²) in [7, 11) is -3.56. The van der Waals surface area contributed by atoms with Crippen LogP contribution in [0, 0.1) is 0 Å². The molecule has 0 unspecified atom stereocenters. The van der Waals surface area contributed by atoms with Crippen LogP contribution in [0.3, 0.4) is 0 Å². The van der Waals surface area contributed by atoms with Crippen LogP contribution in [0.1, 0.15) is 34.6 Å². The number of hydrogen-bond donors (Lipinski definition) is 2. The molecule has 124 valence electrons. The van der Waals surface area contributed by atoms with Gasteiger partial charge in [-0.1, -0.05) is 18.2 Å². The summed E-state index contributed by atoms with van der Waals surface area (Å²) in [6, 6.07) is 8.32. The summed E-state index contributed by atoms with van der Waals surface area (Å²) >= 11 is 0. The molecule has 1 rings (SSSR count). The molecule has 0 aliphatic rings. The van der Waals surface area contributed by atoms with Gasteiger partial charge >= 0.3 is 7.75 Å². The van der Waals surface area contributed by atoms with E-state index in [0.29, 0.717) is 5.69 Å². The Balaban J connectivity index is 2.71. The Labute approximate surface area is 132 Å². The fraction of sp³-hybridized carbons (Fsp3) is 0.533. The number of para-hydroxylation sites is 1. The number of carbonyl (C=O) groups is 1. The number of nitrogens with one attached hydrogen (secondary N) is 2. The van der Waals surface area contributed by atoms with Crippen LogP contribution in [0.5, 0.6) is 0 Å². The fourth-order valence-electron chi connectivity index (χ4n) is 1.71. The van der Waals surface area contributed by atoms with E-state index in [1.54, 1.807) is 46.8 Å². The molecule has 1 aromatic carbocycles. The summed E-state index contributed by atoms with van der Waals surface area (Å²) in [4.78, 5) is 12.2. The molecular weight excluding hydrogens is 303 g/mol. The van der Waals surface area contributed by atoms with Crippen LogP contribution >= 0.6 is 7.75 Å². The third kappa shape index (κ3) is 6.71. The first-order chi connectivity index (χ1) is 10.2. The van der Waals surface area contributed by atoms with Crippen LogP contribution in [0.15, 0.2) is 30.3 Å². The van der Waals surface area contributed by atoms with Gasteiger partial charge in [0.1, 0.15) is 0 Å². The second-order valence-corrected chi connectivity index (χ2v) is 7.19. The molecule has 0 aliphatic heterocycles. The number of benzene rings is 1. The normalized spacial score (nSPS) is 13.4. The molecule has 0 saturated heterocycles. The number of carbonyl (C=O) groups excluding carboxylic acids is 1. The minimum absolute atomic E-state index is 0.290.